The van der Waals surface area contributed by atoms with Gasteiger partial charge in [0.1, 0.15) is 5.82 Å². The number of hydrogen-bond donors (Lipinski definition) is 0. The molecule has 7 nitrogen and oxygen atoms in total. The molecule has 2 aliphatic rings. The van der Waals surface area contributed by atoms with Gasteiger partial charge in [-0.15, -0.1) is 0 Å². The summed E-state index contributed by atoms with van der Waals surface area (Å²) >= 11 is 0. The van der Waals surface area contributed by atoms with Crippen LogP contribution in [0.25, 0.3) is 0 Å². The van der Waals surface area contributed by atoms with Gasteiger partial charge in [0.2, 0.25) is 5.91 Å². The number of carbonyl (C=O) groups is 1. The zero-order valence-corrected chi connectivity index (χ0v) is 16.3. The van der Waals surface area contributed by atoms with Crippen LogP contribution in [0.15, 0.2) is 18.3 Å². The van der Waals surface area contributed by atoms with E-state index in [1.807, 2.05) is 9.80 Å². The van der Waals surface area contributed by atoms with Crippen LogP contribution in [0.5, 0.6) is 0 Å². The Balaban J connectivity index is 1.49. The normalized spacial score (nSPS) is 23.0. The molecule has 0 bridgehead atoms. The molecule has 156 valence electrons. The zero-order valence-electron chi connectivity index (χ0n) is 15.5. The highest BCUT2D eigenvalue weighted by atomic mass is 32.2. The molecule has 28 heavy (non-hydrogen) atoms. The van der Waals surface area contributed by atoms with Gasteiger partial charge in [0.05, 0.1) is 23.6 Å². The molecule has 0 spiro atoms. The van der Waals surface area contributed by atoms with Crippen molar-refractivity contribution in [3.63, 3.8) is 0 Å². The minimum Gasteiger partial charge on any atom is -0.354 e. The van der Waals surface area contributed by atoms with Crippen LogP contribution in [0.2, 0.25) is 0 Å². The van der Waals surface area contributed by atoms with E-state index in [0.717, 1.165) is 12.3 Å². The largest absolute Gasteiger partial charge is 0.417 e. The maximum atomic E-state index is 12.6. The Hall–Kier alpha value is -1.88. The molecule has 11 heteroatoms. The van der Waals surface area contributed by atoms with Gasteiger partial charge in [-0.1, -0.05) is 0 Å². The molecule has 1 aromatic rings. The van der Waals surface area contributed by atoms with Gasteiger partial charge in [-0.2, -0.15) is 13.2 Å². The summed E-state index contributed by atoms with van der Waals surface area (Å²) in [5, 5.41) is 0. The van der Waals surface area contributed by atoms with Crippen LogP contribution >= 0.6 is 0 Å². The number of alkyl halides is 3. The Labute approximate surface area is 162 Å². The molecule has 1 amide bonds. The fourth-order valence-corrected chi connectivity index (χ4v) is 5.24. The van der Waals surface area contributed by atoms with Crippen molar-refractivity contribution in [1.29, 1.82) is 0 Å². The molecular formula is C17H23F3N4O3S. The number of sulfone groups is 1. The fraction of sp³-hybridized carbons (Fsp3) is 0.647. The lowest BCUT2D eigenvalue weighted by molar-refractivity contribution is -0.137. The van der Waals surface area contributed by atoms with E-state index < -0.39 is 21.6 Å². The molecule has 0 aromatic carbocycles. The fourth-order valence-electron chi connectivity index (χ4n) is 3.46. The number of halogens is 3. The van der Waals surface area contributed by atoms with Crippen molar-refractivity contribution in [2.45, 2.75) is 18.6 Å². The molecule has 3 rings (SSSR count). The quantitative estimate of drug-likeness (QED) is 0.720. The third-order valence-electron chi connectivity index (χ3n) is 5.28. The molecule has 1 atom stereocenters. The second kappa shape index (κ2) is 7.86. The van der Waals surface area contributed by atoms with Gasteiger partial charge < -0.3 is 9.80 Å². The summed E-state index contributed by atoms with van der Waals surface area (Å²) in [5.74, 6) is 0.493. The van der Waals surface area contributed by atoms with Crippen molar-refractivity contribution in [3.8, 4) is 0 Å². The lowest BCUT2D eigenvalue weighted by atomic mass is 10.2. The number of aromatic nitrogens is 1. The highest BCUT2D eigenvalue weighted by molar-refractivity contribution is 7.91. The SMILES string of the molecule is CN(C(=O)CN1CCN(c2ccc(C(F)(F)F)cn2)CC1)[C@@H]1CCS(=O)(=O)C1. The number of amides is 1. The Kier molecular flexibility index (Phi) is 5.85. The van der Waals surface area contributed by atoms with Gasteiger partial charge in [-0.25, -0.2) is 13.4 Å². The number of hydrogen-bond acceptors (Lipinski definition) is 6. The number of anilines is 1. The summed E-state index contributed by atoms with van der Waals surface area (Å²) in [6.45, 7) is 2.44. The Morgan fingerprint density at radius 2 is 1.93 bits per heavy atom. The van der Waals surface area contributed by atoms with E-state index in [1.165, 1.54) is 11.0 Å². The number of piperazine rings is 1. The maximum Gasteiger partial charge on any atom is 0.417 e. The zero-order chi connectivity index (χ0) is 20.5. The number of rotatable bonds is 4. The van der Waals surface area contributed by atoms with E-state index in [0.29, 0.717) is 38.4 Å². The number of pyridine rings is 1. The van der Waals surface area contributed by atoms with Gasteiger partial charge in [-0.3, -0.25) is 9.69 Å². The highest BCUT2D eigenvalue weighted by Gasteiger charge is 2.34. The van der Waals surface area contributed by atoms with Crippen molar-refractivity contribution in [1.82, 2.24) is 14.8 Å². The lowest BCUT2D eigenvalue weighted by Gasteiger charge is -2.36. The van der Waals surface area contributed by atoms with Crippen molar-refractivity contribution in [2.24, 2.45) is 0 Å². The molecule has 0 N–H and O–H groups in total. The molecule has 0 aliphatic carbocycles. The highest BCUT2D eigenvalue weighted by Crippen LogP contribution is 2.29. The van der Waals surface area contributed by atoms with Crippen molar-refractivity contribution < 1.29 is 26.4 Å². The van der Waals surface area contributed by atoms with E-state index in [1.54, 1.807) is 7.05 Å². The van der Waals surface area contributed by atoms with Gasteiger partial charge in [0, 0.05) is 45.5 Å². The van der Waals surface area contributed by atoms with Crippen LogP contribution in [0.4, 0.5) is 19.0 Å². The van der Waals surface area contributed by atoms with Crippen molar-refractivity contribution in [3.05, 3.63) is 23.9 Å². The number of nitrogens with zero attached hydrogens (tertiary/aromatic N) is 4. The van der Waals surface area contributed by atoms with Gasteiger partial charge in [-0.05, 0) is 18.6 Å². The molecule has 0 radical (unpaired) electrons. The molecular weight excluding hydrogens is 397 g/mol. The first-order valence-corrected chi connectivity index (χ1v) is 10.8. The second-order valence-electron chi connectivity index (χ2n) is 7.23. The summed E-state index contributed by atoms with van der Waals surface area (Å²) in [5.41, 5.74) is -0.780. The Bertz CT molecular complexity index is 806. The molecule has 0 unspecified atom stereocenters. The first-order valence-electron chi connectivity index (χ1n) is 9.02. The molecule has 2 aliphatic heterocycles. The summed E-state index contributed by atoms with van der Waals surface area (Å²) in [4.78, 5) is 21.7. The smallest absolute Gasteiger partial charge is 0.354 e. The van der Waals surface area contributed by atoms with E-state index in [2.05, 4.69) is 4.98 Å². The molecule has 0 saturated carbocycles. The van der Waals surface area contributed by atoms with Gasteiger partial charge >= 0.3 is 6.18 Å². The van der Waals surface area contributed by atoms with Crippen LogP contribution in [0, 0.1) is 0 Å². The van der Waals surface area contributed by atoms with Crippen LogP contribution in [-0.2, 0) is 20.8 Å². The first-order chi connectivity index (χ1) is 13.0. The minimum absolute atomic E-state index is 0.0165. The summed E-state index contributed by atoms with van der Waals surface area (Å²) < 4.78 is 61.0. The third kappa shape index (κ3) is 4.93. The molecule has 2 saturated heterocycles. The van der Waals surface area contributed by atoms with E-state index in [-0.39, 0.29) is 30.0 Å². The average molecular weight is 420 g/mol. The predicted octanol–water partition coefficient (Wildman–Crippen LogP) is 0.868. The Morgan fingerprint density at radius 1 is 1.25 bits per heavy atom. The minimum atomic E-state index is -4.41. The second-order valence-corrected chi connectivity index (χ2v) is 9.46. The predicted molar refractivity (Wildman–Crippen MR) is 97.7 cm³/mol. The van der Waals surface area contributed by atoms with E-state index >= 15 is 0 Å². The van der Waals surface area contributed by atoms with Crippen LogP contribution in [0.1, 0.15) is 12.0 Å². The number of carbonyl (C=O) groups excluding carboxylic acids is 1. The van der Waals surface area contributed by atoms with Crippen molar-refractivity contribution >= 4 is 21.6 Å². The molecule has 3 heterocycles. The lowest BCUT2D eigenvalue weighted by Crippen LogP contribution is -2.51. The third-order valence-corrected chi connectivity index (χ3v) is 7.03. The van der Waals surface area contributed by atoms with Gasteiger partial charge in [0.25, 0.3) is 0 Å². The van der Waals surface area contributed by atoms with Gasteiger partial charge in [0.15, 0.2) is 9.84 Å². The van der Waals surface area contributed by atoms with Crippen molar-refractivity contribution in [2.75, 3.05) is 56.2 Å². The maximum absolute atomic E-state index is 12.6. The molecule has 1 aromatic heterocycles. The summed E-state index contributed by atoms with van der Waals surface area (Å²) in [6, 6.07) is 2.11. The monoisotopic (exact) mass is 420 g/mol. The summed E-state index contributed by atoms with van der Waals surface area (Å²) in [7, 11) is -1.41. The Morgan fingerprint density at radius 3 is 2.43 bits per heavy atom. The summed E-state index contributed by atoms with van der Waals surface area (Å²) in [6.07, 6.45) is -3.11. The number of likely N-dealkylation sites (N-methyl/N-ethyl adjacent to an activating group) is 1. The van der Waals surface area contributed by atoms with E-state index in [4.69, 9.17) is 0 Å². The van der Waals surface area contributed by atoms with E-state index in [9.17, 15) is 26.4 Å². The standard InChI is InChI=1S/C17H23F3N4O3S/c1-22(14-4-9-28(26,27)12-14)16(25)11-23-5-7-24(8-6-23)15-3-2-13(10-21-15)17(18,19)20/h2-3,10,14H,4-9,11-12H2,1H3/t14-/m1/s1. The van der Waals surface area contributed by atoms with Crippen LogP contribution in [0.3, 0.4) is 0 Å². The average Bonchev–Trinajstić information content (AvgIpc) is 3.01. The topological polar surface area (TPSA) is 73.8 Å². The first kappa shape index (κ1) is 20.8. The van der Waals surface area contributed by atoms with Crippen LogP contribution < -0.4 is 4.90 Å². The van der Waals surface area contributed by atoms with Crippen LogP contribution in [-0.4, -0.2) is 86.4 Å². The molecule has 2 fully saturated rings.